The van der Waals surface area contributed by atoms with Gasteiger partial charge in [-0.15, -0.1) is 0 Å². The molecule has 12 heavy (non-hydrogen) atoms. The molecule has 1 nitrogen and oxygen atoms in total. The maximum atomic E-state index is 11.3. The Morgan fingerprint density at radius 1 is 1.58 bits per heavy atom. The molecule has 0 saturated carbocycles. The number of hydrogen-bond acceptors (Lipinski definition) is 1. The first-order chi connectivity index (χ1) is 5.83. The monoisotopic (exact) mass is 166 g/mol. The summed E-state index contributed by atoms with van der Waals surface area (Å²) in [6, 6.07) is 0. The van der Waals surface area contributed by atoms with Gasteiger partial charge in [-0.1, -0.05) is 25.5 Å². The first kappa shape index (κ1) is 9.50. The van der Waals surface area contributed by atoms with Crippen LogP contribution in [0.3, 0.4) is 0 Å². The molecule has 1 aliphatic rings. The first-order valence-electron chi connectivity index (χ1n) is 5.01. The van der Waals surface area contributed by atoms with Gasteiger partial charge in [0.25, 0.3) is 0 Å². The van der Waals surface area contributed by atoms with E-state index in [9.17, 15) is 4.79 Å². The highest BCUT2D eigenvalue weighted by molar-refractivity contribution is 5.78. The van der Waals surface area contributed by atoms with Gasteiger partial charge in [-0.3, -0.25) is 4.79 Å². The van der Waals surface area contributed by atoms with E-state index in [1.54, 1.807) is 0 Å². The minimum atomic E-state index is 0.452. The lowest BCUT2D eigenvalue weighted by Crippen LogP contribution is -2.04. The fourth-order valence-electron chi connectivity index (χ4n) is 1.63. The number of allylic oxidation sites excluding steroid dienone is 2. The Balaban J connectivity index is 2.12. The Morgan fingerprint density at radius 2 is 2.42 bits per heavy atom. The summed E-state index contributed by atoms with van der Waals surface area (Å²) in [6.07, 6.45) is 10.5. The lowest BCUT2D eigenvalue weighted by molar-refractivity contribution is -0.119. The molecule has 0 aromatic heterocycles. The van der Waals surface area contributed by atoms with E-state index in [0.717, 1.165) is 25.7 Å². The number of unbranched alkanes of at least 4 members (excludes halogenated alkanes) is 1. The van der Waals surface area contributed by atoms with E-state index in [2.05, 4.69) is 19.1 Å². The molecule has 1 rings (SSSR count). The third kappa shape index (κ3) is 3.21. The second-order valence-corrected chi connectivity index (χ2v) is 3.61. The average Bonchev–Trinajstić information content (AvgIpc) is 2.53. The molecule has 0 aromatic rings. The molecule has 0 aliphatic heterocycles. The standard InChI is InChI=1S/C11H18O/c1-2-3-8-11(12)9-10-6-4-5-7-10/h4,6,10H,2-3,5,7-9H2,1H3. The number of rotatable bonds is 5. The third-order valence-corrected chi connectivity index (χ3v) is 2.41. The molecule has 1 heteroatoms. The lowest BCUT2D eigenvalue weighted by atomic mass is 9.99. The second kappa shape index (κ2) is 5.13. The predicted octanol–water partition coefficient (Wildman–Crippen LogP) is 3.10. The summed E-state index contributed by atoms with van der Waals surface area (Å²) in [5.41, 5.74) is 0. The van der Waals surface area contributed by atoms with Gasteiger partial charge in [0, 0.05) is 12.8 Å². The highest BCUT2D eigenvalue weighted by atomic mass is 16.1. The largest absolute Gasteiger partial charge is 0.300 e. The van der Waals surface area contributed by atoms with Crippen LogP contribution in [0.4, 0.5) is 0 Å². The van der Waals surface area contributed by atoms with Crippen molar-refractivity contribution in [1.82, 2.24) is 0 Å². The zero-order valence-electron chi connectivity index (χ0n) is 7.88. The molecule has 0 heterocycles. The van der Waals surface area contributed by atoms with Crippen molar-refractivity contribution in [1.29, 1.82) is 0 Å². The van der Waals surface area contributed by atoms with Crippen molar-refractivity contribution >= 4 is 5.78 Å². The summed E-state index contributed by atoms with van der Waals surface area (Å²) in [7, 11) is 0. The fourth-order valence-corrected chi connectivity index (χ4v) is 1.63. The Bertz CT molecular complexity index is 170. The topological polar surface area (TPSA) is 17.1 Å². The van der Waals surface area contributed by atoms with Gasteiger partial charge >= 0.3 is 0 Å². The fraction of sp³-hybridized carbons (Fsp3) is 0.727. The van der Waals surface area contributed by atoms with Crippen LogP contribution in [0.1, 0.15) is 45.4 Å². The van der Waals surface area contributed by atoms with Gasteiger partial charge in [0.15, 0.2) is 0 Å². The first-order valence-corrected chi connectivity index (χ1v) is 5.01. The Kier molecular flexibility index (Phi) is 4.06. The highest BCUT2D eigenvalue weighted by Crippen LogP contribution is 2.21. The van der Waals surface area contributed by atoms with Crippen molar-refractivity contribution in [2.75, 3.05) is 0 Å². The molecule has 1 atom stereocenters. The molecule has 0 spiro atoms. The van der Waals surface area contributed by atoms with Crippen molar-refractivity contribution in [3.05, 3.63) is 12.2 Å². The smallest absolute Gasteiger partial charge is 0.133 e. The van der Waals surface area contributed by atoms with Crippen LogP contribution in [0.15, 0.2) is 12.2 Å². The summed E-state index contributed by atoms with van der Waals surface area (Å²) >= 11 is 0. The summed E-state index contributed by atoms with van der Waals surface area (Å²) in [4.78, 5) is 11.3. The SMILES string of the molecule is CCCCC(=O)CC1C=CCC1. The summed E-state index contributed by atoms with van der Waals surface area (Å²) in [5, 5.41) is 0. The molecule has 1 unspecified atom stereocenters. The van der Waals surface area contributed by atoms with Gasteiger partial charge in [0.1, 0.15) is 5.78 Å². The molecule has 0 radical (unpaired) electrons. The number of ketones is 1. The lowest BCUT2D eigenvalue weighted by Gasteiger charge is -2.05. The van der Waals surface area contributed by atoms with E-state index in [-0.39, 0.29) is 0 Å². The predicted molar refractivity (Wildman–Crippen MR) is 51.0 cm³/mol. The van der Waals surface area contributed by atoms with Gasteiger partial charge < -0.3 is 0 Å². The maximum absolute atomic E-state index is 11.3. The van der Waals surface area contributed by atoms with Crippen molar-refractivity contribution < 1.29 is 4.79 Å². The van der Waals surface area contributed by atoms with E-state index in [4.69, 9.17) is 0 Å². The Labute approximate surface area is 74.9 Å². The quantitative estimate of drug-likeness (QED) is 0.573. The molecule has 0 amide bonds. The van der Waals surface area contributed by atoms with Gasteiger partial charge in [-0.25, -0.2) is 0 Å². The van der Waals surface area contributed by atoms with Crippen LogP contribution in [0.25, 0.3) is 0 Å². The third-order valence-electron chi connectivity index (χ3n) is 2.41. The minimum Gasteiger partial charge on any atom is -0.300 e. The molecule has 1 aliphatic carbocycles. The van der Waals surface area contributed by atoms with Gasteiger partial charge in [0.2, 0.25) is 0 Å². The van der Waals surface area contributed by atoms with Crippen LogP contribution in [-0.4, -0.2) is 5.78 Å². The van der Waals surface area contributed by atoms with Crippen LogP contribution in [0.5, 0.6) is 0 Å². The molecule has 0 aromatic carbocycles. The van der Waals surface area contributed by atoms with Crippen molar-refractivity contribution in [2.45, 2.75) is 45.4 Å². The average molecular weight is 166 g/mol. The van der Waals surface area contributed by atoms with Crippen molar-refractivity contribution in [2.24, 2.45) is 5.92 Å². The van der Waals surface area contributed by atoms with Crippen LogP contribution < -0.4 is 0 Å². The molecule has 0 N–H and O–H groups in total. The minimum absolute atomic E-state index is 0.452. The normalized spacial score (nSPS) is 21.6. The number of hydrogen-bond donors (Lipinski definition) is 0. The van der Waals surface area contributed by atoms with Gasteiger partial charge in [-0.05, 0) is 25.2 Å². The molecular weight excluding hydrogens is 148 g/mol. The molecule has 68 valence electrons. The van der Waals surface area contributed by atoms with E-state index in [0.29, 0.717) is 11.7 Å². The van der Waals surface area contributed by atoms with E-state index in [1.165, 1.54) is 12.8 Å². The number of carbonyl (C=O) groups excluding carboxylic acids is 1. The second-order valence-electron chi connectivity index (χ2n) is 3.61. The van der Waals surface area contributed by atoms with Crippen LogP contribution in [-0.2, 0) is 4.79 Å². The highest BCUT2D eigenvalue weighted by Gasteiger charge is 2.12. The van der Waals surface area contributed by atoms with Crippen molar-refractivity contribution in [3.63, 3.8) is 0 Å². The van der Waals surface area contributed by atoms with Crippen LogP contribution in [0.2, 0.25) is 0 Å². The number of Topliss-reactive ketones (excluding diaryl/α,β-unsaturated/α-hetero) is 1. The summed E-state index contributed by atoms with van der Waals surface area (Å²) in [6.45, 7) is 2.13. The Hall–Kier alpha value is -0.590. The number of carbonyl (C=O) groups is 1. The van der Waals surface area contributed by atoms with Gasteiger partial charge in [0.05, 0.1) is 0 Å². The van der Waals surface area contributed by atoms with Crippen molar-refractivity contribution in [3.8, 4) is 0 Å². The van der Waals surface area contributed by atoms with Gasteiger partial charge in [-0.2, -0.15) is 0 Å². The van der Waals surface area contributed by atoms with Crippen LogP contribution >= 0.6 is 0 Å². The summed E-state index contributed by atoms with van der Waals surface area (Å²) in [5.74, 6) is 1.02. The molecule has 0 fully saturated rings. The van der Waals surface area contributed by atoms with E-state index in [1.807, 2.05) is 0 Å². The van der Waals surface area contributed by atoms with E-state index >= 15 is 0 Å². The van der Waals surface area contributed by atoms with Crippen LogP contribution in [0, 0.1) is 5.92 Å². The molecular formula is C11H18O. The van der Waals surface area contributed by atoms with E-state index < -0.39 is 0 Å². The zero-order chi connectivity index (χ0) is 8.81. The molecule has 0 saturated heterocycles. The Morgan fingerprint density at radius 3 is 3.00 bits per heavy atom. The zero-order valence-corrected chi connectivity index (χ0v) is 7.88. The summed E-state index contributed by atoms with van der Waals surface area (Å²) < 4.78 is 0. The molecule has 0 bridgehead atoms. The maximum Gasteiger partial charge on any atom is 0.133 e.